The molecule has 0 atom stereocenters. The second-order valence-electron chi connectivity index (χ2n) is 7.23. The van der Waals surface area contributed by atoms with Gasteiger partial charge in [-0.3, -0.25) is 14.3 Å². The zero-order valence-electron chi connectivity index (χ0n) is 17.0. The summed E-state index contributed by atoms with van der Waals surface area (Å²) in [6.45, 7) is 9.07. The monoisotopic (exact) mass is 411 g/mol. The van der Waals surface area contributed by atoms with E-state index in [0.717, 1.165) is 76.1 Å². The fourth-order valence-corrected chi connectivity index (χ4v) is 4.40. The summed E-state index contributed by atoms with van der Waals surface area (Å²) < 4.78 is 2.06. The Kier molecular flexibility index (Phi) is 6.74. The van der Waals surface area contributed by atoms with Gasteiger partial charge in [-0.05, 0) is 36.9 Å². The summed E-state index contributed by atoms with van der Waals surface area (Å²) in [5.41, 5.74) is 0.903. The summed E-state index contributed by atoms with van der Waals surface area (Å²) in [6, 6.07) is 10.3. The van der Waals surface area contributed by atoms with Crippen molar-refractivity contribution in [3.63, 3.8) is 0 Å². The number of fused-ring (bicyclic) bond motifs is 1. The lowest BCUT2D eigenvalue weighted by Gasteiger charge is -2.36. The average molecular weight is 412 g/mol. The first kappa shape index (κ1) is 19.8. The molecule has 4 rings (SSSR count). The Labute approximate surface area is 176 Å². The number of guanidine groups is 1. The summed E-state index contributed by atoms with van der Waals surface area (Å²) in [7, 11) is 0. The Hall–Kier alpha value is -2.45. The molecule has 0 aromatic carbocycles. The van der Waals surface area contributed by atoms with Gasteiger partial charge in [-0.1, -0.05) is 12.1 Å². The van der Waals surface area contributed by atoms with Crippen LogP contribution in [0.1, 0.15) is 24.0 Å². The Bertz CT molecular complexity index is 910. The predicted octanol–water partition coefficient (Wildman–Crippen LogP) is 2.51. The van der Waals surface area contributed by atoms with Crippen molar-refractivity contribution in [3.05, 3.63) is 52.6 Å². The number of nitrogens with zero attached hydrogens (tertiary/aromatic N) is 6. The molecule has 0 radical (unpaired) electrons. The third-order valence-electron chi connectivity index (χ3n) is 5.17. The first-order valence-corrected chi connectivity index (χ1v) is 11.3. The van der Waals surface area contributed by atoms with Crippen molar-refractivity contribution in [3.8, 4) is 0 Å². The maximum atomic E-state index is 4.87. The minimum atomic E-state index is 0.791. The highest BCUT2D eigenvalue weighted by Crippen LogP contribution is 2.13. The van der Waals surface area contributed by atoms with Gasteiger partial charge in [0.15, 0.2) is 11.6 Å². The molecule has 1 saturated heterocycles. The van der Waals surface area contributed by atoms with Gasteiger partial charge >= 0.3 is 0 Å². The maximum Gasteiger partial charge on any atom is 0.194 e. The number of aliphatic imine (C=N–C) groups is 1. The maximum absolute atomic E-state index is 4.87. The highest BCUT2D eigenvalue weighted by Gasteiger charge is 2.19. The van der Waals surface area contributed by atoms with Crippen molar-refractivity contribution in [1.82, 2.24) is 29.7 Å². The highest BCUT2D eigenvalue weighted by atomic mass is 32.1. The van der Waals surface area contributed by atoms with Crippen LogP contribution in [-0.2, 0) is 13.0 Å². The third kappa shape index (κ3) is 5.13. The Balaban J connectivity index is 1.27. The van der Waals surface area contributed by atoms with E-state index in [2.05, 4.69) is 54.2 Å². The molecule has 1 aliphatic rings. The van der Waals surface area contributed by atoms with Crippen LogP contribution in [0.15, 0.2) is 46.9 Å². The minimum absolute atomic E-state index is 0.791. The molecular formula is C21H29N7S. The molecule has 0 aliphatic carbocycles. The topological polar surface area (TPSA) is 61.1 Å². The molecule has 29 heavy (non-hydrogen) atoms. The van der Waals surface area contributed by atoms with E-state index in [4.69, 9.17) is 4.99 Å². The Morgan fingerprint density at radius 2 is 2.03 bits per heavy atom. The van der Waals surface area contributed by atoms with Crippen molar-refractivity contribution >= 4 is 22.9 Å². The Morgan fingerprint density at radius 3 is 2.83 bits per heavy atom. The zero-order chi connectivity index (χ0) is 19.9. The number of hydrogen-bond donors (Lipinski definition) is 1. The SMILES string of the molecule is CCNC(=NCCCc1nnc2ccccn12)N1CCN(Cc2cccs2)CC1. The smallest absolute Gasteiger partial charge is 0.194 e. The van der Waals surface area contributed by atoms with Gasteiger partial charge in [-0.25, -0.2) is 0 Å². The van der Waals surface area contributed by atoms with Gasteiger partial charge in [0.05, 0.1) is 0 Å². The summed E-state index contributed by atoms with van der Waals surface area (Å²) in [5.74, 6) is 2.04. The summed E-state index contributed by atoms with van der Waals surface area (Å²) in [6.07, 6.45) is 3.86. The average Bonchev–Trinajstić information content (AvgIpc) is 3.41. The Morgan fingerprint density at radius 1 is 1.14 bits per heavy atom. The summed E-state index contributed by atoms with van der Waals surface area (Å²) >= 11 is 1.84. The van der Waals surface area contributed by atoms with Crippen LogP contribution in [0.2, 0.25) is 0 Å². The van der Waals surface area contributed by atoms with E-state index < -0.39 is 0 Å². The van der Waals surface area contributed by atoms with Crippen LogP contribution >= 0.6 is 11.3 Å². The van der Waals surface area contributed by atoms with E-state index in [0.29, 0.717) is 0 Å². The van der Waals surface area contributed by atoms with Crippen molar-refractivity contribution in [2.24, 2.45) is 4.99 Å². The molecule has 7 nitrogen and oxygen atoms in total. The molecule has 4 heterocycles. The van der Waals surface area contributed by atoms with E-state index in [9.17, 15) is 0 Å². The van der Waals surface area contributed by atoms with Gasteiger partial charge in [0, 0.05) is 63.3 Å². The molecule has 8 heteroatoms. The summed E-state index contributed by atoms with van der Waals surface area (Å²) in [4.78, 5) is 11.2. The van der Waals surface area contributed by atoms with Crippen LogP contribution in [0.4, 0.5) is 0 Å². The molecule has 3 aromatic rings. The normalized spacial score (nSPS) is 15.9. The first-order valence-electron chi connectivity index (χ1n) is 10.4. The van der Waals surface area contributed by atoms with Crippen LogP contribution in [-0.4, -0.2) is 69.6 Å². The number of pyridine rings is 1. The van der Waals surface area contributed by atoms with E-state index in [-0.39, 0.29) is 0 Å². The van der Waals surface area contributed by atoms with Crippen LogP contribution in [0.3, 0.4) is 0 Å². The third-order valence-corrected chi connectivity index (χ3v) is 6.03. The number of thiophene rings is 1. The molecule has 0 bridgehead atoms. The number of aromatic nitrogens is 3. The lowest BCUT2D eigenvalue weighted by molar-refractivity contribution is 0.173. The minimum Gasteiger partial charge on any atom is -0.357 e. The fourth-order valence-electron chi connectivity index (χ4n) is 3.65. The van der Waals surface area contributed by atoms with Gasteiger partial charge in [0.1, 0.15) is 5.82 Å². The predicted molar refractivity (Wildman–Crippen MR) is 118 cm³/mol. The van der Waals surface area contributed by atoms with Crippen LogP contribution in [0.25, 0.3) is 5.65 Å². The lowest BCUT2D eigenvalue weighted by Crippen LogP contribution is -2.52. The van der Waals surface area contributed by atoms with Gasteiger partial charge in [0.2, 0.25) is 0 Å². The second kappa shape index (κ2) is 9.84. The number of rotatable bonds is 7. The standard InChI is InChI=1S/C21H29N7S/c1-2-22-21(27-14-12-26(13-15-27)17-18-7-6-16-29-18)23-10-5-9-20-25-24-19-8-3-4-11-28(19)20/h3-4,6-8,11,16H,2,5,9-10,12-15,17H2,1H3,(H,22,23). The molecule has 0 saturated carbocycles. The molecule has 0 amide bonds. The largest absolute Gasteiger partial charge is 0.357 e. The highest BCUT2D eigenvalue weighted by molar-refractivity contribution is 7.09. The van der Waals surface area contributed by atoms with Crippen molar-refractivity contribution in [2.45, 2.75) is 26.3 Å². The van der Waals surface area contributed by atoms with Gasteiger partial charge in [-0.15, -0.1) is 21.5 Å². The number of hydrogen-bond acceptors (Lipinski definition) is 5. The zero-order valence-corrected chi connectivity index (χ0v) is 17.8. The number of aryl methyl sites for hydroxylation is 1. The van der Waals surface area contributed by atoms with Crippen molar-refractivity contribution in [1.29, 1.82) is 0 Å². The lowest BCUT2D eigenvalue weighted by atomic mass is 10.3. The molecule has 1 aliphatic heterocycles. The molecular weight excluding hydrogens is 382 g/mol. The van der Waals surface area contributed by atoms with Crippen molar-refractivity contribution in [2.75, 3.05) is 39.3 Å². The van der Waals surface area contributed by atoms with E-state index >= 15 is 0 Å². The van der Waals surface area contributed by atoms with Crippen LogP contribution < -0.4 is 5.32 Å². The molecule has 154 valence electrons. The molecule has 1 N–H and O–H groups in total. The van der Waals surface area contributed by atoms with E-state index in [1.165, 1.54) is 4.88 Å². The van der Waals surface area contributed by atoms with Crippen LogP contribution in [0.5, 0.6) is 0 Å². The van der Waals surface area contributed by atoms with E-state index in [1.807, 2.05) is 35.7 Å². The van der Waals surface area contributed by atoms with Gasteiger partial charge in [-0.2, -0.15) is 0 Å². The van der Waals surface area contributed by atoms with Crippen molar-refractivity contribution < 1.29 is 0 Å². The number of nitrogens with one attached hydrogen (secondary N) is 1. The molecule has 0 unspecified atom stereocenters. The first-order chi connectivity index (χ1) is 14.3. The van der Waals surface area contributed by atoms with Gasteiger partial charge in [0.25, 0.3) is 0 Å². The number of piperazine rings is 1. The quantitative estimate of drug-likeness (QED) is 0.368. The van der Waals surface area contributed by atoms with E-state index in [1.54, 1.807) is 0 Å². The second-order valence-corrected chi connectivity index (χ2v) is 8.26. The van der Waals surface area contributed by atoms with Gasteiger partial charge < -0.3 is 10.2 Å². The van der Waals surface area contributed by atoms with Crippen LogP contribution in [0, 0.1) is 0 Å². The molecule has 1 fully saturated rings. The fraction of sp³-hybridized carbons (Fsp3) is 0.476. The molecule has 3 aromatic heterocycles. The molecule has 0 spiro atoms. The summed E-state index contributed by atoms with van der Waals surface area (Å²) in [5, 5.41) is 14.2.